The maximum Gasteiger partial charge on any atom is 0.321 e. The molecule has 0 radical (unpaired) electrons. The molecule has 0 amide bonds. The van der Waals surface area contributed by atoms with Crippen LogP contribution >= 0.6 is 0 Å². The number of aliphatic hydroxyl groups excluding tert-OH is 1. The van der Waals surface area contributed by atoms with Crippen LogP contribution in [0, 0.1) is 17.8 Å². The van der Waals surface area contributed by atoms with Crippen LogP contribution in [-0.2, 0) is 19.1 Å². The highest BCUT2D eigenvalue weighted by Crippen LogP contribution is 2.49. The van der Waals surface area contributed by atoms with Crippen LogP contribution in [0.5, 0.6) is 0 Å². The predicted octanol–water partition coefficient (Wildman–Crippen LogP) is 6.20. The van der Waals surface area contributed by atoms with Crippen molar-refractivity contribution in [3.63, 3.8) is 0 Å². The summed E-state index contributed by atoms with van der Waals surface area (Å²) in [7, 11) is 2.69. The molecule has 6 rings (SSSR count). The average molecular weight is 607 g/mol. The third-order valence-electron chi connectivity index (χ3n) is 9.75. The van der Waals surface area contributed by atoms with Crippen LogP contribution in [0.4, 0.5) is 0 Å². The lowest BCUT2D eigenvalue weighted by Gasteiger charge is -2.20. The van der Waals surface area contributed by atoms with Crippen LogP contribution in [0.3, 0.4) is 0 Å². The smallest absolute Gasteiger partial charge is 0.321 e. The molecule has 1 aliphatic carbocycles. The third-order valence-corrected chi connectivity index (χ3v) is 9.75. The van der Waals surface area contributed by atoms with Crippen LogP contribution in [0.2, 0.25) is 0 Å². The van der Waals surface area contributed by atoms with Crippen molar-refractivity contribution in [2.75, 3.05) is 14.2 Å². The highest BCUT2D eigenvalue weighted by atomic mass is 16.5. The van der Waals surface area contributed by atoms with Crippen molar-refractivity contribution in [3.05, 3.63) is 104 Å². The normalized spacial score (nSPS) is 25.3. The summed E-state index contributed by atoms with van der Waals surface area (Å²) in [5.41, 5.74) is 12.0. The average Bonchev–Trinajstić information content (AvgIpc) is 3.76. The van der Waals surface area contributed by atoms with Gasteiger partial charge in [-0.1, -0.05) is 26.5 Å². The molecule has 5 aliphatic heterocycles. The number of carbonyl (C=O) groups is 2. The second kappa shape index (κ2) is 11.3. The van der Waals surface area contributed by atoms with Crippen LogP contribution in [0.1, 0.15) is 53.9 Å². The number of fused-ring (bicyclic) bond motifs is 5. The zero-order valence-corrected chi connectivity index (χ0v) is 26.8. The summed E-state index contributed by atoms with van der Waals surface area (Å²) < 4.78 is 10.2. The van der Waals surface area contributed by atoms with E-state index in [2.05, 4.69) is 38.7 Å². The van der Waals surface area contributed by atoms with E-state index in [1.54, 1.807) is 6.08 Å². The molecule has 45 heavy (non-hydrogen) atoms. The Morgan fingerprint density at radius 1 is 1.00 bits per heavy atom. The number of carbonyl (C=O) groups excluding carboxylic acids is 2. The SMILES string of the molecule is C=CC1=C(C)C2=NC1=CC1=C(C)C3=C(O)[C@H](C(=O)OC)C(=C4NC(=CC5=NC(=C2)C(CC)=C5C)[C@@H](C)[C@@H]4CCC(=O)OC)C3=N1. The van der Waals surface area contributed by atoms with Gasteiger partial charge in [0, 0.05) is 46.4 Å². The minimum atomic E-state index is -1.06. The summed E-state index contributed by atoms with van der Waals surface area (Å²) in [6, 6.07) is 0. The number of allylic oxidation sites excluding steroid dienone is 11. The van der Waals surface area contributed by atoms with Crippen molar-refractivity contribution in [3.8, 4) is 0 Å². The van der Waals surface area contributed by atoms with E-state index >= 15 is 0 Å². The maximum absolute atomic E-state index is 13.3. The summed E-state index contributed by atoms with van der Waals surface area (Å²) >= 11 is 0. The van der Waals surface area contributed by atoms with Crippen LogP contribution in [0.15, 0.2) is 119 Å². The van der Waals surface area contributed by atoms with Crippen molar-refractivity contribution >= 4 is 29.1 Å². The number of nitrogens with one attached hydrogen (secondary N) is 1. The second-order valence-corrected chi connectivity index (χ2v) is 12.0. The first kappa shape index (κ1) is 30.2. The van der Waals surface area contributed by atoms with Gasteiger partial charge < -0.3 is 19.9 Å². The quantitative estimate of drug-likeness (QED) is 0.348. The molecule has 0 aromatic carbocycles. The van der Waals surface area contributed by atoms with E-state index in [-0.39, 0.29) is 30.0 Å². The number of nitrogens with zero attached hydrogens (tertiary/aromatic N) is 3. The molecule has 9 nitrogen and oxygen atoms in total. The standard InChI is InChI=1S/C36H38N4O5/c1-9-20-16(3)23-13-25-18(5)22(11-12-29(41)44-7)33(39-25)31-32(36(43)45-8)35(42)30-19(6)26(40-34(30)31)15-28-21(10-2)17(4)24(38-28)14-27(20)37-23/h10,13-15,18,22,32,39,42H,2,9,11-12H2,1,3-8H3/t18-,22-,32+/m0/s1. The highest BCUT2D eigenvalue weighted by Gasteiger charge is 2.49. The summed E-state index contributed by atoms with van der Waals surface area (Å²) in [6.07, 6.45) is 9.27. The van der Waals surface area contributed by atoms with E-state index in [4.69, 9.17) is 24.5 Å². The van der Waals surface area contributed by atoms with E-state index in [1.807, 2.05) is 26.0 Å². The molecule has 9 heteroatoms. The Morgan fingerprint density at radius 3 is 2.38 bits per heavy atom. The van der Waals surface area contributed by atoms with E-state index in [0.717, 1.165) is 62.8 Å². The number of ether oxygens (including phenoxy) is 2. The molecule has 8 bridgehead atoms. The van der Waals surface area contributed by atoms with Gasteiger partial charge in [-0.3, -0.25) is 9.59 Å². The fourth-order valence-electron chi connectivity index (χ4n) is 7.15. The van der Waals surface area contributed by atoms with Gasteiger partial charge in [0.05, 0.1) is 48.4 Å². The zero-order valence-electron chi connectivity index (χ0n) is 26.8. The van der Waals surface area contributed by atoms with E-state index < -0.39 is 11.9 Å². The van der Waals surface area contributed by atoms with Crippen molar-refractivity contribution in [2.45, 2.75) is 53.9 Å². The largest absolute Gasteiger partial charge is 0.510 e. The van der Waals surface area contributed by atoms with Gasteiger partial charge in [-0.05, 0) is 74.1 Å². The Hall–Kier alpha value is -4.79. The van der Waals surface area contributed by atoms with Gasteiger partial charge in [-0.25, -0.2) is 15.0 Å². The van der Waals surface area contributed by atoms with Crippen molar-refractivity contribution < 1.29 is 24.2 Å². The third kappa shape index (κ3) is 4.64. The number of hydrogen-bond donors (Lipinski definition) is 2. The molecular weight excluding hydrogens is 568 g/mol. The number of aliphatic imine (C=N–C) groups is 3. The van der Waals surface area contributed by atoms with Crippen molar-refractivity contribution in [1.82, 2.24) is 5.32 Å². The van der Waals surface area contributed by atoms with Gasteiger partial charge >= 0.3 is 11.9 Å². The Morgan fingerprint density at radius 2 is 1.71 bits per heavy atom. The molecule has 0 aromatic rings. The van der Waals surface area contributed by atoms with E-state index in [0.29, 0.717) is 34.7 Å². The molecule has 1 fully saturated rings. The number of methoxy groups -OCH3 is 2. The minimum absolute atomic E-state index is 0.0655. The molecule has 0 aromatic heterocycles. The molecule has 1 saturated heterocycles. The number of hydrogen-bond acceptors (Lipinski definition) is 9. The Labute approximate surface area is 263 Å². The zero-order chi connectivity index (χ0) is 32.3. The topological polar surface area (TPSA) is 122 Å². The summed E-state index contributed by atoms with van der Waals surface area (Å²) in [5.74, 6) is -2.32. The van der Waals surface area contributed by atoms with Crippen molar-refractivity contribution in [1.29, 1.82) is 0 Å². The van der Waals surface area contributed by atoms with E-state index in [9.17, 15) is 14.7 Å². The monoisotopic (exact) mass is 606 g/mol. The maximum atomic E-state index is 13.3. The molecular formula is C36H38N4O5. The van der Waals surface area contributed by atoms with Gasteiger partial charge in [-0.2, -0.15) is 0 Å². The number of aliphatic hydroxyl groups is 1. The minimum Gasteiger partial charge on any atom is -0.510 e. The fourth-order valence-corrected chi connectivity index (χ4v) is 7.15. The first-order valence-corrected chi connectivity index (χ1v) is 15.3. The molecule has 0 unspecified atom stereocenters. The molecule has 0 saturated carbocycles. The summed E-state index contributed by atoms with van der Waals surface area (Å²) in [6.45, 7) is 14.3. The first-order chi connectivity index (χ1) is 21.5. The molecule has 6 aliphatic rings. The van der Waals surface area contributed by atoms with Gasteiger partial charge in [0.1, 0.15) is 11.7 Å². The lowest BCUT2D eigenvalue weighted by Crippen LogP contribution is -2.25. The molecule has 0 spiro atoms. The second-order valence-electron chi connectivity index (χ2n) is 12.0. The summed E-state index contributed by atoms with van der Waals surface area (Å²) in [4.78, 5) is 40.7. The number of rotatable bonds is 6. The highest BCUT2D eigenvalue weighted by molar-refractivity contribution is 6.24. The fraction of sp³-hybridized carbons (Fsp3) is 0.361. The predicted molar refractivity (Wildman–Crippen MR) is 174 cm³/mol. The summed E-state index contributed by atoms with van der Waals surface area (Å²) in [5, 5.41) is 15.2. The molecule has 232 valence electrons. The molecule has 3 atom stereocenters. The van der Waals surface area contributed by atoms with Crippen LogP contribution in [0.25, 0.3) is 0 Å². The van der Waals surface area contributed by atoms with Gasteiger partial charge in [-0.15, -0.1) is 0 Å². The van der Waals surface area contributed by atoms with Crippen molar-refractivity contribution in [2.24, 2.45) is 32.7 Å². The van der Waals surface area contributed by atoms with Gasteiger partial charge in [0.15, 0.2) is 0 Å². The lowest BCUT2D eigenvalue weighted by atomic mass is 9.84. The first-order valence-electron chi connectivity index (χ1n) is 15.3. The lowest BCUT2D eigenvalue weighted by molar-refractivity contribution is -0.143. The van der Waals surface area contributed by atoms with Crippen LogP contribution < -0.4 is 5.32 Å². The van der Waals surface area contributed by atoms with Crippen LogP contribution in [-0.4, -0.2) is 48.4 Å². The Kier molecular flexibility index (Phi) is 7.59. The van der Waals surface area contributed by atoms with E-state index in [1.165, 1.54) is 14.2 Å². The molecule has 2 N–H and O–H groups in total. The Bertz CT molecular complexity index is 1830. The van der Waals surface area contributed by atoms with Gasteiger partial charge in [0.2, 0.25) is 0 Å². The number of esters is 2. The Balaban J connectivity index is 1.66. The molecule has 5 heterocycles. The van der Waals surface area contributed by atoms with Gasteiger partial charge in [0.25, 0.3) is 0 Å².